The number of anilines is 1. The van der Waals surface area contributed by atoms with Gasteiger partial charge >= 0.3 is 11.9 Å². The SMILES string of the molecule is CC(COc1cccc(N2N=C3c4cc(F)ccc4CCC3CC2=O)c1)CN(C)C.O.O=C(O)/C=C/C(=O)O. The first-order valence-corrected chi connectivity index (χ1v) is 12.2. The molecule has 10 nitrogen and oxygen atoms in total. The molecule has 2 unspecified atom stereocenters. The van der Waals surface area contributed by atoms with Crippen LogP contribution in [0.5, 0.6) is 5.75 Å². The molecule has 39 heavy (non-hydrogen) atoms. The van der Waals surface area contributed by atoms with E-state index in [9.17, 15) is 18.8 Å². The van der Waals surface area contributed by atoms with Gasteiger partial charge in [0.2, 0.25) is 5.91 Å². The van der Waals surface area contributed by atoms with Crippen molar-refractivity contribution in [3.05, 3.63) is 71.6 Å². The number of carbonyl (C=O) groups is 3. The first-order valence-electron chi connectivity index (χ1n) is 12.2. The molecule has 2 atom stereocenters. The Labute approximate surface area is 226 Å². The largest absolute Gasteiger partial charge is 0.493 e. The molecule has 0 spiro atoms. The van der Waals surface area contributed by atoms with Gasteiger partial charge in [0.05, 0.1) is 18.0 Å². The van der Waals surface area contributed by atoms with Gasteiger partial charge in [-0.25, -0.2) is 19.0 Å². The van der Waals surface area contributed by atoms with Crippen LogP contribution >= 0.6 is 0 Å². The van der Waals surface area contributed by atoms with Gasteiger partial charge in [-0.2, -0.15) is 5.10 Å². The van der Waals surface area contributed by atoms with Gasteiger partial charge in [0.1, 0.15) is 11.6 Å². The highest BCUT2D eigenvalue weighted by molar-refractivity contribution is 6.11. The van der Waals surface area contributed by atoms with Gasteiger partial charge < -0.3 is 25.3 Å². The van der Waals surface area contributed by atoms with E-state index in [-0.39, 0.29) is 23.1 Å². The second-order valence-corrected chi connectivity index (χ2v) is 9.62. The average Bonchev–Trinajstić information content (AvgIpc) is 2.86. The predicted molar refractivity (Wildman–Crippen MR) is 145 cm³/mol. The van der Waals surface area contributed by atoms with Crippen LogP contribution in [0.2, 0.25) is 0 Å². The molecule has 0 bridgehead atoms. The minimum Gasteiger partial charge on any atom is -0.493 e. The number of hydrogen-bond acceptors (Lipinski definition) is 6. The molecule has 4 rings (SSSR count). The van der Waals surface area contributed by atoms with E-state index in [1.165, 1.54) is 11.1 Å². The number of halogens is 1. The van der Waals surface area contributed by atoms with Gasteiger partial charge in [0.15, 0.2) is 0 Å². The van der Waals surface area contributed by atoms with E-state index in [4.69, 9.17) is 14.9 Å². The number of amides is 1. The Morgan fingerprint density at radius 1 is 1.18 bits per heavy atom. The maximum atomic E-state index is 13.9. The third-order valence-electron chi connectivity index (χ3n) is 6.00. The molecule has 1 aliphatic heterocycles. The zero-order chi connectivity index (χ0) is 27.8. The zero-order valence-corrected chi connectivity index (χ0v) is 22.1. The molecule has 1 amide bonds. The van der Waals surface area contributed by atoms with Crippen LogP contribution in [-0.2, 0) is 20.8 Å². The van der Waals surface area contributed by atoms with Gasteiger partial charge in [-0.3, -0.25) is 4.79 Å². The van der Waals surface area contributed by atoms with E-state index in [1.807, 2.05) is 44.4 Å². The van der Waals surface area contributed by atoms with Crippen LogP contribution in [0.1, 0.15) is 30.9 Å². The average molecular weight is 544 g/mol. The molecule has 1 heterocycles. The van der Waals surface area contributed by atoms with Crippen LogP contribution in [0.25, 0.3) is 0 Å². The van der Waals surface area contributed by atoms with E-state index in [0.29, 0.717) is 42.5 Å². The van der Waals surface area contributed by atoms with Gasteiger partial charge in [0, 0.05) is 48.6 Å². The van der Waals surface area contributed by atoms with E-state index >= 15 is 0 Å². The lowest BCUT2D eigenvalue weighted by Gasteiger charge is -2.33. The molecule has 2 aliphatic rings. The summed E-state index contributed by atoms with van der Waals surface area (Å²) in [5, 5.41) is 21.8. The summed E-state index contributed by atoms with van der Waals surface area (Å²) in [4.78, 5) is 34.1. The van der Waals surface area contributed by atoms with Crippen molar-refractivity contribution in [3.63, 3.8) is 0 Å². The Kier molecular flexibility index (Phi) is 11.3. The monoisotopic (exact) mass is 543 g/mol. The van der Waals surface area contributed by atoms with Crippen molar-refractivity contribution in [2.24, 2.45) is 16.9 Å². The Morgan fingerprint density at radius 3 is 2.51 bits per heavy atom. The van der Waals surface area contributed by atoms with Crippen LogP contribution in [0.3, 0.4) is 0 Å². The number of ether oxygens (including phenoxy) is 1. The van der Waals surface area contributed by atoms with E-state index < -0.39 is 11.9 Å². The lowest BCUT2D eigenvalue weighted by atomic mass is 9.79. The molecule has 0 saturated carbocycles. The van der Waals surface area contributed by atoms with Crippen LogP contribution in [0, 0.1) is 17.7 Å². The zero-order valence-electron chi connectivity index (χ0n) is 22.1. The first-order chi connectivity index (χ1) is 18.0. The number of rotatable bonds is 8. The molecule has 0 radical (unpaired) electrons. The fourth-order valence-corrected chi connectivity index (χ4v) is 4.45. The van der Waals surface area contributed by atoms with E-state index in [1.54, 1.807) is 6.07 Å². The topological polar surface area (TPSA) is 151 Å². The van der Waals surface area contributed by atoms with Crippen LogP contribution in [0.15, 0.2) is 59.7 Å². The Hall–Kier alpha value is -4.09. The fraction of sp³-hybridized carbons (Fsp3) is 0.357. The minimum atomic E-state index is -1.26. The molecule has 0 fully saturated rings. The second-order valence-electron chi connectivity index (χ2n) is 9.62. The summed E-state index contributed by atoms with van der Waals surface area (Å²) < 4.78 is 19.8. The standard InChI is InChI=1S/C24H28FN3O2.C4H4O4.H2O/c1-16(14-27(2)3)15-30-21-6-4-5-20(13-21)28-23(29)11-18-8-7-17-9-10-19(25)12-22(17)24(18)26-28;5-3(6)1-2-4(7)8;/h4-6,9-10,12-13,16,18H,7-8,11,14-15H2,1-3H3;1-2H,(H,5,6)(H,7,8);1H2/b;2-1+;. The first kappa shape index (κ1) is 31.1. The summed E-state index contributed by atoms with van der Waals surface area (Å²) in [6, 6.07) is 12.3. The summed E-state index contributed by atoms with van der Waals surface area (Å²) in [5.41, 5.74) is 3.40. The summed E-state index contributed by atoms with van der Waals surface area (Å²) in [6.07, 6.45) is 3.22. The van der Waals surface area contributed by atoms with Crippen molar-refractivity contribution in [2.75, 3.05) is 32.3 Å². The number of hydrogen-bond donors (Lipinski definition) is 2. The minimum absolute atomic E-state index is 0. The maximum Gasteiger partial charge on any atom is 0.328 e. The number of nitrogens with zero attached hydrogens (tertiary/aromatic N) is 3. The van der Waals surface area contributed by atoms with Crippen molar-refractivity contribution in [3.8, 4) is 5.75 Å². The second kappa shape index (κ2) is 14.2. The number of carboxylic acids is 2. The van der Waals surface area contributed by atoms with Gasteiger partial charge in [-0.15, -0.1) is 0 Å². The maximum absolute atomic E-state index is 13.9. The lowest BCUT2D eigenvalue weighted by Crippen LogP contribution is -2.39. The van der Waals surface area contributed by atoms with Crippen molar-refractivity contribution in [1.82, 2.24) is 4.90 Å². The molecular formula is C28H34FN3O7. The number of fused-ring (bicyclic) bond motifs is 3. The Bertz CT molecular complexity index is 1230. The highest BCUT2D eigenvalue weighted by atomic mass is 19.1. The predicted octanol–water partition coefficient (Wildman–Crippen LogP) is 2.99. The summed E-state index contributed by atoms with van der Waals surface area (Å²) in [7, 11) is 4.08. The number of aliphatic carboxylic acids is 2. The third kappa shape index (κ3) is 9.01. The third-order valence-corrected chi connectivity index (χ3v) is 6.00. The van der Waals surface area contributed by atoms with E-state index in [2.05, 4.69) is 16.9 Å². The molecule has 11 heteroatoms. The molecule has 4 N–H and O–H groups in total. The quantitative estimate of drug-likeness (QED) is 0.486. The normalized spacial score (nSPS) is 16.7. The van der Waals surface area contributed by atoms with Crippen LogP contribution in [0.4, 0.5) is 10.1 Å². The fourth-order valence-electron chi connectivity index (χ4n) is 4.45. The number of carbonyl (C=O) groups excluding carboxylic acids is 1. The number of benzene rings is 2. The van der Waals surface area contributed by atoms with Crippen molar-refractivity contribution in [1.29, 1.82) is 0 Å². The molecule has 0 saturated heterocycles. The van der Waals surface area contributed by atoms with Gasteiger partial charge in [-0.1, -0.05) is 19.1 Å². The number of hydrazone groups is 1. The van der Waals surface area contributed by atoms with Crippen LogP contribution < -0.4 is 9.75 Å². The number of carboxylic acid groups (broad SMARTS) is 2. The van der Waals surface area contributed by atoms with Crippen LogP contribution in [-0.4, -0.2) is 71.4 Å². The summed E-state index contributed by atoms with van der Waals surface area (Å²) in [5.74, 6) is -1.68. The lowest BCUT2D eigenvalue weighted by molar-refractivity contribution is -0.134. The molecule has 2 aromatic carbocycles. The van der Waals surface area contributed by atoms with Crippen molar-refractivity contribution in [2.45, 2.75) is 26.2 Å². The molecule has 210 valence electrons. The van der Waals surface area contributed by atoms with E-state index in [0.717, 1.165) is 36.2 Å². The number of aryl methyl sites for hydroxylation is 1. The molecule has 0 aromatic heterocycles. The van der Waals surface area contributed by atoms with Crippen molar-refractivity contribution < 1.29 is 39.2 Å². The smallest absolute Gasteiger partial charge is 0.328 e. The van der Waals surface area contributed by atoms with Crippen molar-refractivity contribution >= 4 is 29.2 Å². The summed E-state index contributed by atoms with van der Waals surface area (Å²) in [6.45, 7) is 3.68. The highest BCUT2D eigenvalue weighted by Gasteiger charge is 2.34. The molecule has 1 aliphatic carbocycles. The molecule has 2 aromatic rings. The highest BCUT2D eigenvalue weighted by Crippen LogP contribution is 2.34. The Morgan fingerprint density at radius 2 is 1.87 bits per heavy atom. The Balaban J connectivity index is 0.000000519. The summed E-state index contributed by atoms with van der Waals surface area (Å²) >= 11 is 0. The molecular weight excluding hydrogens is 509 g/mol. The van der Waals surface area contributed by atoms with Gasteiger partial charge in [-0.05, 0) is 56.8 Å². The van der Waals surface area contributed by atoms with Gasteiger partial charge in [0.25, 0.3) is 0 Å².